The van der Waals surface area contributed by atoms with Crippen molar-refractivity contribution in [3.8, 4) is 17.1 Å². The van der Waals surface area contributed by atoms with Crippen LogP contribution in [0.1, 0.15) is 43.4 Å². The second-order valence-corrected chi connectivity index (χ2v) is 9.10. The number of ether oxygens (including phenoxy) is 1. The molecule has 2 amide bonds. The summed E-state index contributed by atoms with van der Waals surface area (Å²) >= 11 is 6.30. The number of anilines is 1. The molecule has 1 aliphatic heterocycles. The highest BCUT2D eigenvalue weighted by atomic mass is 35.5. The van der Waals surface area contributed by atoms with Gasteiger partial charge >= 0.3 is 12.2 Å². The van der Waals surface area contributed by atoms with Gasteiger partial charge in [-0.1, -0.05) is 11.6 Å². The summed E-state index contributed by atoms with van der Waals surface area (Å²) in [4.78, 5) is 34.2. The van der Waals surface area contributed by atoms with E-state index in [0.717, 1.165) is 12.1 Å². The number of fused-ring (bicyclic) bond motifs is 1. The highest BCUT2D eigenvalue weighted by Crippen LogP contribution is 2.42. The average Bonchev–Trinajstić information content (AvgIpc) is 3.25. The van der Waals surface area contributed by atoms with E-state index in [1.807, 2.05) is 0 Å². The van der Waals surface area contributed by atoms with E-state index in [-0.39, 0.29) is 39.5 Å². The van der Waals surface area contributed by atoms with E-state index in [0.29, 0.717) is 23.3 Å². The highest BCUT2D eigenvalue weighted by molar-refractivity contribution is 6.31. The van der Waals surface area contributed by atoms with Crippen LogP contribution in [0.3, 0.4) is 0 Å². The van der Waals surface area contributed by atoms with Crippen LogP contribution in [-0.4, -0.2) is 28.9 Å². The van der Waals surface area contributed by atoms with Crippen LogP contribution in [0.15, 0.2) is 60.9 Å². The van der Waals surface area contributed by atoms with Crippen molar-refractivity contribution in [1.29, 1.82) is 0 Å². The molecule has 40 heavy (non-hydrogen) atoms. The number of rotatable bonds is 5. The second kappa shape index (κ2) is 10.2. The van der Waals surface area contributed by atoms with Crippen molar-refractivity contribution < 1.29 is 36.3 Å². The maximum Gasteiger partial charge on any atom is 0.416 e. The third-order valence-electron chi connectivity index (χ3n) is 6.14. The van der Waals surface area contributed by atoms with E-state index in [1.165, 1.54) is 37.7 Å². The molecule has 0 bridgehead atoms. The molecule has 0 spiro atoms. The summed E-state index contributed by atoms with van der Waals surface area (Å²) in [6.07, 6.45) is -2.10. The summed E-state index contributed by atoms with van der Waals surface area (Å²) in [5.74, 6) is -3.58. The van der Waals surface area contributed by atoms with Crippen LogP contribution in [-0.2, 0) is 6.18 Å². The number of amides is 2. The molecule has 0 aliphatic carbocycles. The fraction of sp³-hybridized carbons (Fsp3) is 0.111. The Kier molecular flexibility index (Phi) is 6.88. The molecule has 1 aromatic heterocycles. The first-order chi connectivity index (χ1) is 18.9. The minimum atomic E-state index is -4.90. The lowest BCUT2D eigenvalue weighted by atomic mass is 9.93. The first kappa shape index (κ1) is 27.0. The predicted octanol–water partition coefficient (Wildman–Crippen LogP) is 6.19. The van der Waals surface area contributed by atoms with Crippen LogP contribution in [0.25, 0.3) is 11.1 Å². The first-order valence-corrected chi connectivity index (χ1v) is 11.8. The van der Waals surface area contributed by atoms with E-state index < -0.39 is 46.8 Å². The number of hydrogen-bond acceptors (Lipinski definition) is 5. The zero-order valence-corrected chi connectivity index (χ0v) is 21.0. The van der Waals surface area contributed by atoms with Crippen molar-refractivity contribution in [2.45, 2.75) is 12.2 Å². The van der Waals surface area contributed by atoms with Crippen LogP contribution in [0.2, 0.25) is 5.02 Å². The average molecular weight is 575 g/mol. The number of carbonyl (C=O) groups excluding carboxylic acids is 2. The van der Waals surface area contributed by atoms with E-state index in [4.69, 9.17) is 16.3 Å². The van der Waals surface area contributed by atoms with Gasteiger partial charge in [0.2, 0.25) is 0 Å². The number of methoxy groups -OCH3 is 1. The van der Waals surface area contributed by atoms with Crippen LogP contribution < -0.4 is 15.4 Å². The number of carbonyl (C=O) groups is 2. The summed E-state index contributed by atoms with van der Waals surface area (Å²) in [6, 6.07) is 6.92. The van der Waals surface area contributed by atoms with Crippen molar-refractivity contribution in [2.24, 2.45) is 0 Å². The molecular weight excluding hydrogens is 559 g/mol. The molecule has 1 atom stereocenters. The van der Waals surface area contributed by atoms with Gasteiger partial charge in [-0.2, -0.15) is 13.2 Å². The third-order valence-corrected chi connectivity index (χ3v) is 6.48. The van der Waals surface area contributed by atoms with Gasteiger partial charge in [-0.25, -0.2) is 18.7 Å². The largest absolute Gasteiger partial charge is 0.467 e. The smallest absolute Gasteiger partial charge is 0.416 e. The fourth-order valence-corrected chi connectivity index (χ4v) is 4.55. The molecule has 5 rings (SSSR count). The van der Waals surface area contributed by atoms with Gasteiger partial charge in [0.05, 0.1) is 18.7 Å². The minimum Gasteiger partial charge on any atom is -0.467 e. The van der Waals surface area contributed by atoms with Gasteiger partial charge in [0.15, 0.2) is 0 Å². The monoisotopic (exact) mass is 574 g/mol. The summed E-state index contributed by atoms with van der Waals surface area (Å²) in [6.45, 7) is 0. The van der Waals surface area contributed by atoms with Crippen molar-refractivity contribution >= 4 is 29.1 Å². The maximum absolute atomic E-state index is 14.1. The topological polar surface area (TPSA) is 93.2 Å². The Morgan fingerprint density at radius 2 is 1.73 bits per heavy atom. The lowest BCUT2D eigenvalue weighted by Crippen LogP contribution is -2.21. The van der Waals surface area contributed by atoms with Gasteiger partial charge in [0.25, 0.3) is 11.8 Å². The van der Waals surface area contributed by atoms with Crippen molar-refractivity contribution in [3.63, 3.8) is 0 Å². The molecule has 4 aromatic rings. The third kappa shape index (κ3) is 5.17. The van der Waals surface area contributed by atoms with Gasteiger partial charge in [-0.15, -0.1) is 0 Å². The van der Waals surface area contributed by atoms with Crippen LogP contribution >= 0.6 is 11.6 Å². The van der Waals surface area contributed by atoms with Crippen LogP contribution in [0.4, 0.5) is 27.6 Å². The molecule has 0 radical (unpaired) electrons. The molecule has 0 unspecified atom stereocenters. The Hall–Kier alpha value is -4.58. The number of benzene rings is 3. The Morgan fingerprint density at radius 1 is 1.00 bits per heavy atom. The molecule has 0 saturated heterocycles. The zero-order chi connectivity index (χ0) is 28.8. The zero-order valence-electron chi connectivity index (χ0n) is 20.2. The maximum atomic E-state index is 14.1. The molecule has 7 nitrogen and oxygen atoms in total. The van der Waals surface area contributed by atoms with Crippen LogP contribution in [0, 0.1) is 11.6 Å². The molecule has 2 heterocycles. The second-order valence-electron chi connectivity index (χ2n) is 8.70. The summed E-state index contributed by atoms with van der Waals surface area (Å²) in [7, 11) is 1.37. The number of aromatic nitrogens is 2. The van der Waals surface area contributed by atoms with E-state index in [2.05, 4.69) is 20.6 Å². The van der Waals surface area contributed by atoms with Crippen LogP contribution in [0.5, 0.6) is 6.01 Å². The van der Waals surface area contributed by atoms with E-state index in [9.17, 15) is 31.5 Å². The Morgan fingerprint density at radius 3 is 2.40 bits per heavy atom. The number of nitrogens with one attached hydrogen (secondary N) is 2. The van der Waals surface area contributed by atoms with E-state index in [1.54, 1.807) is 0 Å². The minimum absolute atomic E-state index is 0.0187. The number of hydrogen-bond donors (Lipinski definition) is 2. The SMILES string of the molecule is COc1ncc(-c2cc(NC(=O)c3cc(F)cc(C(F)(F)F)c3)c3c(c2)C(=O)N[C@@H]3c2cc(F)ccc2Cl)cn1. The number of nitrogens with zero attached hydrogens (tertiary/aromatic N) is 2. The van der Waals surface area contributed by atoms with Gasteiger partial charge in [-0.05, 0) is 54.1 Å². The van der Waals surface area contributed by atoms with Crippen molar-refractivity contribution in [3.05, 3.63) is 105 Å². The molecule has 2 N–H and O–H groups in total. The predicted molar refractivity (Wildman–Crippen MR) is 134 cm³/mol. The van der Waals surface area contributed by atoms with Gasteiger partial charge < -0.3 is 15.4 Å². The van der Waals surface area contributed by atoms with Gasteiger partial charge in [0, 0.05) is 50.9 Å². The lowest BCUT2D eigenvalue weighted by molar-refractivity contribution is -0.137. The quantitative estimate of drug-likeness (QED) is 0.277. The van der Waals surface area contributed by atoms with Crippen molar-refractivity contribution in [1.82, 2.24) is 15.3 Å². The highest BCUT2D eigenvalue weighted by Gasteiger charge is 2.36. The molecule has 3 aromatic carbocycles. The van der Waals surface area contributed by atoms with Gasteiger partial charge in [-0.3, -0.25) is 9.59 Å². The molecule has 204 valence electrons. The molecule has 1 aliphatic rings. The summed E-state index contributed by atoms with van der Waals surface area (Å²) in [5.41, 5.74) is -0.798. The van der Waals surface area contributed by atoms with Crippen molar-refractivity contribution in [2.75, 3.05) is 12.4 Å². The van der Waals surface area contributed by atoms with Gasteiger partial charge in [0.1, 0.15) is 11.6 Å². The molecular formula is C27H16ClF5N4O3. The molecule has 0 saturated carbocycles. The summed E-state index contributed by atoms with van der Waals surface area (Å²) in [5, 5.41) is 5.29. The Bertz CT molecular complexity index is 1660. The Balaban J connectivity index is 1.65. The summed E-state index contributed by atoms with van der Waals surface area (Å²) < 4.78 is 72.9. The Labute approximate surface area is 228 Å². The number of halogens is 6. The lowest BCUT2D eigenvalue weighted by Gasteiger charge is -2.19. The van der Waals surface area contributed by atoms with E-state index >= 15 is 0 Å². The molecule has 0 fully saturated rings. The normalized spacial score (nSPS) is 14.5. The number of alkyl halides is 3. The fourth-order valence-electron chi connectivity index (χ4n) is 4.32. The first-order valence-electron chi connectivity index (χ1n) is 11.4. The standard InChI is InChI=1S/C27H16ClF5N4O3/c1-40-26-34-10-14(11-35-26)12-6-19-22(23(37-25(19)39)18-9-16(29)2-3-20(18)28)21(7-12)36-24(38)13-4-15(27(31,32)33)8-17(30)5-13/h2-11,23H,1H3,(H,36,38)(H,37,39)/t23-/m1/s1. The molecule has 13 heteroatoms.